The van der Waals surface area contributed by atoms with Crippen molar-refractivity contribution in [2.45, 2.75) is 18.7 Å². The molecule has 0 atom stereocenters. The molecule has 0 radical (unpaired) electrons. The first-order valence-electron chi connectivity index (χ1n) is 7.99. The minimum absolute atomic E-state index is 0.323. The molecule has 0 fully saturated rings. The van der Waals surface area contributed by atoms with Crippen molar-refractivity contribution in [1.29, 1.82) is 0 Å². The fourth-order valence-electron chi connectivity index (χ4n) is 2.93. The van der Waals surface area contributed by atoms with Gasteiger partial charge in [0.15, 0.2) is 0 Å². The number of rotatable bonds is 4. The van der Waals surface area contributed by atoms with Gasteiger partial charge in [-0.05, 0) is 54.8 Å². The largest absolute Gasteiger partial charge is 0.243 e. The van der Waals surface area contributed by atoms with Gasteiger partial charge in [0, 0.05) is 18.1 Å². The summed E-state index contributed by atoms with van der Waals surface area (Å²) in [5.41, 5.74) is 4.82. The molecule has 2 aromatic carbocycles. The summed E-state index contributed by atoms with van der Waals surface area (Å²) in [5, 5.41) is 0.664. The lowest BCUT2D eigenvalue weighted by Crippen LogP contribution is -2.29. The van der Waals surface area contributed by atoms with Crippen molar-refractivity contribution >= 4 is 27.2 Å². The van der Waals surface area contributed by atoms with Gasteiger partial charge in [-0.2, -0.15) is 4.31 Å². The Kier molecular flexibility index (Phi) is 4.87. The number of sulfonamides is 1. The zero-order chi connectivity index (χ0) is 18.2. The third kappa shape index (κ3) is 3.56. The van der Waals surface area contributed by atoms with Gasteiger partial charge in [-0.15, -0.1) is 0 Å². The van der Waals surface area contributed by atoms with Crippen LogP contribution in [0.15, 0.2) is 71.2 Å². The molecule has 0 saturated carbocycles. The summed E-state index contributed by atoms with van der Waals surface area (Å²) in [4.78, 5) is 0.323. The summed E-state index contributed by atoms with van der Waals surface area (Å²) < 4.78 is 27.3. The highest BCUT2D eigenvalue weighted by Crippen LogP contribution is 2.32. The molecule has 1 aliphatic rings. The Balaban J connectivity index is 1.84. The van der Waals surface area contributed by atoms with E-state index in [1.807, 2.05) is 50.2 Å². The van der Waals surface area contributed by atoms with E-state index in [0.717, 1.165) is 27.8 Å². The van der Waals surface area contributed by atoms with E-state index in [2.05, 4.69) is 6.58 Å². The Bertz CT molecular complexity index is 942. The molecule has 25 heavy (non-hydrogen) atoms. The second-order valence-electron chi connectivity index (χ2n) is 6.33. The number of benzene rings is 2. The van der Waals surface area contributed by atoms with Gasteiger partial charge < -0.3 is 0 Å². The highest BCUT2D eigenvalue weighted by atomic mass is 35.5. The molecule has 1 heterocycles. The maximum atomic E-state index is 12.9. The van der Waals surface area contributed by atoms with Crippen LogP contribution in [-0.2, 0) is 10.0 Å². The maximum Gasteiger partial charge on any atom is 0.243 e. The molecule has 0 bridgehead atoms. The van der Waals surface area contributed by atoms with Gasteiger partial charge >= 0.3 is 0 Å². The van der Waals surface area contributed by atoms with Crippen LogP contribution in [0.25, 0.3) is 5.57 Å². The molecule has 0 aromatic heterocycles. The van der Waals surface area contributed by atoms with Crippen LogP contribution < -0.4 is 0 Å². The molecule has 2 aromatic rings. The number of hydrogen-bond acceptors (Lipinski definition) is 2. The van der Waals surface area contributed by atoms with E-state index in [-0.39, 0.29) is 0 Å². The zero-order valence-electron chi connectivity index (χ0n) is 14.3. The molecule has 5 heteroatoms. The van der Waals surface area contributed by atoms with Crippen molar-refractivity contribution in [3.05, 3.63) is 82.4 Å². The van der Waals surface area contributed by atoms with Crippen molar-refractivity contribution in [2.75, 3.05) is 13.1 Å². The second-order valence-corrected chi connectivity index (χ2v) is 8.70. The van der Waals surface area contributed by atoms with E-state index in [1.54, 1.807) is 12.1 Å². The zero-order valence-corrected chi connectivity index (χ0v) is 15.9. The molecule has 0 amide bonds. The third-order valence-corrected chi connectivity index (χ3v) is 6.54. The fraction of sp³-hybridized carbons (Fsp3) is 0.200. The smallest absolute Gasteiger partial charge is 0.207 e. The first-order chi connectivity index (χ1) is 11.8. The van der Waals surface area contributed by atoms with E-state index >= 15 is 0 Å². The fourth-order valence-corrected chi connectivity index (χ4v) is 4.50. The first-order valence-corrected chi connectivity index (χ1v) is 9.81. The van der Waals surface area contributed by atoms with Crippen LogP contribution in [0.2, 0.25) is 5.02 Å². The molecular weight excluding hydrogens is 354 g/mol. The molecule has 3 rings (SSSR count). The van der Waals surface area contributed by atoms with Crippen molar-refractivity contribution in [3.63, 3.8) is 0 Å². The van der Waals surface area contributed by atoms with Crippen LogP contribution in [-0.4, -0.2) is 25.8 Å². The van der Waals surface area contributed by atoms with Crippen molar-refractivity contribution in [1.82, 2.24) is 4.31 Å². The monoisotopic (exact) mass is 373 g/mol. The van der Waals surface area contributed by atoms with Crippen molar-refractivity contribution in [2.24, 2.45) is 0 Å². The average molecular weight is 374 g/mol. The molecule has 1 aliphatic heterocycles. The first kappa shape index (κ1) is 17.9. The lowest BCUT2D eigenvalue weighted by atomic mass is 9.98. The Morgan fingerprint density at radius 2 is 1.60 bits per heavy atom. The standard InChI is InChI=1S/C20H20ClNO2S/c1-14-4-10-19(11-5-14)25(23,24)22-12-15(2)20(13-22)16(3)17-6-8-18(21)9-7-17/h4-11H,3,12-13H2,1-2H3. The lowest BCUT2D eigenvalue weighted by Gasteiger charge is -2.17. The predicted molar refractivity (Wildman–Crippen MR) is 103 cm³/mol. The van der Waals surface area contributed by atoms with E-state index < -0.39 is 10.0 Å². The molecule has 0 spiro atoms. The quantitative estimate of drug-likeness (QED) is 0.780. The second kappa shape index (κ2) is 6.79. The van der Waals surface area contributed by atoms with Gasteiger partial charge in [-0.3, -0.25) is 0 Å². The summed E-state index contributed by atoms with van der Waals surface area (Å²) in [7, 11) is -3.51. The number of aryl methyl sites for hydroxylation is 1. The highest BCUT2D eigenvalue weighted by Gasteiger charge is 2.31. The van der Waals surface area contributed by atoms with Gasteiger partial charge in [0.1, 0.15) is 0 Å². The summed E-state index contributed by atoms with van der Waals surface area (Å²) in [6, 6.07) is 14.4. The van der Waals surface area contributed by atoms with Crippen molar-refractivity contribution < 1.29 is 8.42 Å². The minimum atomic E-state index is -3.51. The van der Waals surface area contributed by atoms with Gasteiger partial charge in [0.25, 0.3) is 0 Å². The van der Waals surface area contributed by atoms with E-state index in [0.29, 0.717) is 23.0 Å². The molecule has 3 nitrogen and oxygen atoms in total. The van der Waals surface area contributed by atoms with Gasteiger partial charge in [0.05, 0.1) is 4.90 Å². The topological polar surface area (TPSA) is 37.4 Å². The molecule has 0 aliphatic carbocycles. The Morgan fingerprint density at radius 1 is 1.00 bits per heavy atom. The SMILES string of the molecule is C=C(C1=C(C)CN(S(=O)(=O)c2ccc(C)cc2)C1)c1ccc(Cl)cc1. The van der Waals surface area contributed by atoms with Gasteiger partial charge in [0.2, 0.25) is 10.0 Å². The normalized spacial score (nSPS) is 15.6. The summed E-state index contributed by atoms with van der Waals surface area (Å²) in [6.45, 7) is 8.79. The third-order valence-electron chi connectivity index (χ3n) is 4.48. The average Bonchev–Trinajstić information content (AvgIpc) is 2.98. The van der Waals surface area contributed by atoms with E-state index in [4.69, 9.17) is 11.6 Å². The van der Waals surface area contributed by atoms with Crippen LogP contribution in [0.5, 0.6) is 0 Å². The molecular formula is C20H20ClNO2S. The summed E-state index contributed by atoms with van der Waals surface area (Å²) in [6.07, 6.45) is 0. The Hall–Kier alpha value is -1.88. The molecule has 130 valence electrons. The van der Waals surface area contributed by atoms with Crippen LogP contribution in [0.1, 0.15) is 18.1 Å². The minimum Gasteiger partial charge on any atom is -0.207 e. The van der Waals surface area contributed by atoms with E-state index in [1.165, 1.54) is 4.31 Å². The van der Waals surface area contributed by atoms with Crippen LogP contribution in [0.4, 0.5) is 0 Å². The highest BCUT2D eigenvalue weighted by molar-refractivity contribution is 7.89. The molecule has 0 saturated heterocycles. The number of hydrogen-bond donors (Lipinski definition) is 0. The van der Waals surface area contributed by atoms with Crippen LogP contribution in [0.3, 0.4) is 0 Å². The molecule has 0 N–H and O–H groups in total. The maximum absolute atomic E-state index is 12.9. The summed E-state index contributed by atoms with van der Waals surface area (Å²) in [5.74, 6) is 0. The Morgan fingerprint density at radius 3 is 2.20 bits per heavy atom. The molecule has 0 unspecified atom stereocenters. The van der Waals surface area contributed by atoms with Gasteiger partial charge in [-0.1, -0.05) is 53.6 Å². The predicted octanol–water partition coefficient (Wildman–Crippen LogP) is 4.68. The van der Waals surface area contributed by atoms with Gasteiger partial charge in [-0.25, -0.2) is 8.42 Å². The lowest BCUT2D eigenvalue weighted by molar-refractivity contribution is 0.482. The van der Waals surface area contributed by atoms with Crippen molar-refractivity contribution in [3.8, 4) is 0 Å². The van der Waals surface area contributed by atoms with Crippen LogP contribution >= 0.6 is 11.6 Å². The van der Waals surface area contributed by atoms with Crippen LogP contribution in [0, 0.1) is 6.92 Å². The van der Waals surface area contributed by atoms with E-state index in [9.17, 15) is 8.42 Å². The number of nitrogens with zero attached hydrogens (tertiary/aromatic N) is 1. The number of halogens is 1. The Labute approximate surface area is 154 Å². The summed E-state index contributed by atoms with van der Waals surface area (Å²) >= 11 is 5.94.